The lowest BCUT2D eigenvalue weighted by Gasteiger charge is -2.20. The predicted molar refractivity (Wildman–Crippen MR) is 245 cm³/mol. The molecule has 4 N–H and O–H groups in total. The maximum atomic E-state index is 12.7. The maximum Gasteiger partial charge on any atom is 0.472 e. The van der Waals surface area contributed by atoms with Gasteiger partial charge in [-0.05, 0) is 12.8 Å². The predicted octanol–water partition coefficient (Wildman–Crippen LogP) is 13.9. The van der Waals surface area contributed by atoms with Gasteiger partial charge in [0, 0.05) is 12.8 Å². The quantitative estimate of drug-likeness (QED) is 0.0302. The Morgan fingerprint density at radius 1 is 0.450 bits per heavy atom. The molecule has 356 valence electrons. The summed E-state index contributed by atoms with van der Waals surface area (Å²) < 4.78 is 32.8. The van der Waals surface area contributed by atoms with Crippen LogP contribution < -0.4 is 5.73 Å². The van der Waals surface area contributed by atoms with Crippen molar-refractivity contribution in [2.45, 2.75) is 270 Å². The van der Waals surface area contributed by atoms with E-state index in [1.54, 1.807) is 0 Å². The summed E-state index contributed by atoms with van der Waals surface area (Å²) in [5, 5.41) is 8.91. The molecule has 3 atom stereocenters. The summed E-state index contributed by atoms with van der Waals surface area (Å²) >= 11 is 0. The molecule has 0 fully saturated rings. The molecule has 11 nitrogen and oxygen atoms in total. The number of unbranched alkanes of at least 4 members (excludes halogenated alkanes) is 34. The Morgan fingerprint density at radius 3 is 1.05 bits per heavy atom. The number of carboxylic acid groups (broad SMARTS) is 1. The Balaban J connectivity index is 4.15. The van der Waals surface area contributed by atoms with Gasteiger partial charge in [0.15, 0.2) is 6.10 Å². The minimum atomic E-state index is -4.71. The van der Waals surface area contributed by atoms with Crippen molar-refractivity contribution in [1.82, 2.24) is 0 Å². The van der Waals surface area contributed by atoms with Gasteiger partial charge in [0.05, 0.1) is 13.2 Å². The van der Waals surface area contributed by atoms with Crippen LogP contribution in [-0.4, -0.2) is 59.9 Å². The minimum Gasteiger partial charge on any atom is -0.480 e. The van der Waals surface area contributed by atoms with E-state index in [0.29, 0.717) is 12.8 Å². The topological polar surface area (TPSA) is 172 Å². The first-order valence-corrected chi connectivity index (χ1v) is 26.6. The molecule has 0 saturated carbocycles. The fourth-order valence-corrected chi connectivity index (χ4v) is 8.20. The Morgan fingerprint density at radius 2 is 0.733 bits per heavy atom. The van der Waals surface area contributed by atoms with Crippen LogP contribution in [0.15, 0.2) is 0 Å². The zero-order valence-electron chi connectivity index (χ0n) is 38.8. The SMILES string of the molecule is CCCCCCCCCCCCCCCCCCCCCCCCCC(=O)O[C@@H](COC(=O)CCCCCCCCCCCCCCC)COP(=O)(O)OC[C@H](N)C(=O)O. The van der Waals surface area contributed by atoms with Crippen molar-refractivity contribution >= 4 is 25.7 Å². The van der Waals surface area contributed by atoms with Crippen molar-refractivity contribution in [3.05, 3.63) is 0 Å². The number of carbonyl (C=O) groups excluding carboxylic acids is 2. The molecule has 0 amide bonds. The lowest BCUT2D eigenvalue weighted by atomic mass is 10.0. The number of hydrogen-bond acceptors (Lipinski definition) is 9. The Bertz CT molecular complexity index is 1030. The largest absolute Gasteiger partial charge is 0.480 e. The third kappa shape index (κ3) is 43.1. The summed E-state index contributed by atoms with van der Waals surface area (Å²) in [6.07, 6.45) is 44.6. The lowest BCUT2D eigenvalue weighted by molar-refractivity contribution is -0.161. The van der Waals surface area contributed by atoms with Crippen LogP contribution in [0, 0.1) is 0 Å². The molecule has 0 aromatic rings. The average Bonchev–Trinajstić information content (AvgIpc) is 3.22. The summed E-state index contributed by atoms with van der Waals surface area (Å²) in [6, 6.07) is -1.52. The normalized spacial score (nSPS) is 13.5. The van der Waals surface area contributed by atoms with E-state index in [1.807, 2.05) is 0 Å². The molecule has 0 aliphatic carbocycles. The van der Waals surface area contributed by atoms with Crippen LogP contribution in [0.3, 0.4) is 0 Å². The van der Waals surface area contributed by atoms with Gasteiger partial charge in [-0.2, -0.15) is 0 Å². The second-order valence-electron chi connectivity index (χ2n) is 17.3. The van der Waals surface area contributed by atoms with Gasteiger partial charge in [-0.1, -0.05) is 232 Å². The number of esters is 2. The number of hydrogen-bond donors (Lipinski definition) is 3. The van der Waals surface area contributed by atoms with Gasteiger partial charge in [-0.15, -0.1) is 0 Å². The average molecular weight is 876 g/mol. The first kappa shape index (κ1) is 58.5. The Hall–Kier alpha value is -1.52. The van der Waals surface area contributed by atoms with Crippen molar-refractivity contribution in [2.75, 3.05) is 19.8 Å². The van der Waals surface area contributed by atoms with Crippen LogP contribution >= 0.6 is 7.82 Å². The molecule has 0 bridgehead atoms. The van der Waals surface area contributed by atoms with E-state index in [9.17, 15) is 23.8 Å². The van der Waals surface area contributed by atoms with E-state index < -0.39 is 51.1 Å². The monoisotopic (exact) mass is 876 g/mol. The molecule has 0 heterocycles. The standard InChI is InChI=1S/C48H94NO10P/c1-3-5-7-9-11-13-15-17-18-19-20-21-22-23-24-25-26-28-30-32-34-36-38-40-47(51)59-44(42-57-60(54,55)58-43-45(49)48(52)53)41-56-46(50)39-37-35-33-31-29-27-16-14-12-10-8-6-4-2/h44-45H,3-43,49H2,1-2H3,(H,52,53)(H,54,55)/t44-,45-/m0/s1. The van der Waals surface area contributed by atoms with Crippen molar-refractivity contribution < 1.29 is 47.5 Å². The number of aliphatic carboxylic acids is 1. The van der Waals surface area contributed by atoms with Crippen molar-refractivity contribution in [1.29, 1.82) is 0 Å². The Kier molecular flexibility index (Phi) is 43.0. The number of rotatable bonds is 48. The van der Waals surface area contributed by atoms with E-state index in [-0.39, 0.29) is 19.4 Å². The van der Waals surface area contributed by atoms with Gasteiger partial charge < -0.3 is 25.2 Å². The molecule has 0 radical (unpaired) electrons. The van der Waals surface area contributed by atoms with E-state index in [4.69, 9.17) is 24.8 Å². The van der Waals surface area contributed by atoms with Gasteiger partial charge in [0.2, 0.25) is 0 Å². The van der Waals surface area contributed by atoms with Crippen LogP contribution in [0.1, 0.15) is 258 Å². The zero-order chi connectivity index (χ0) is 44.2. The molecule has 0 saturated heterocycles. The van der Waals surface area contributed by atoms with Crippen LogP contribution in [0.5, 0.6) is 0 Å². The number of nitrogens with two attached hydrogens (primary N) is 1. The summed E-state index contributed by atoms with van der Waals surface area (Å²) in [5.74, 6) is -2.35. The maximum absolute atomic E-state index is 12.7. The molecule has 60 heavy (non-hydrogen) atoms. The van der Waals surface area contributed by atoms with Crippen LogP contribution in [0.4, 0.5) is 0 Å². The number of carbonyl (C=O) groups is 3. The number of phosphoric acid groups is 1. The zero-order valence-corrected chi connectivity index (χ0v) is 39.7. The van der Waals surface area contributed by atoms with Gasteiger partial charge in [-0.25, -0.2) is 4.57 Å². The summed E-state index contributed by atoms with van der Waals surface area (Å²) in [6.45, 7) is 2.85. The highest BCUT2D eigenvalue weighted by molar-refractivity contribution is 7.47. The van der Waals surface area contributed by atoms with Crippen molar-refractivity contribution in [2.24, 2.45) is 5.73 Å². The van der Waals surface area contributed by atoms with E-state index in [0.717, 1.165) is 38.5 Å². The van der Waals surface area contributed by atoms with Crippen molar-refractivity contribution in [3.8, 4) is 0 Å². The molecular weight excluding hydrogens is 781 g/mol. The van der Waals surface area contributed by atoms with Gasteiger partial charge in [-0.3, -0.25) is 23.4 Å². The highest BCUT2D eigenvalue weighted by Crippen LogP contribution is 2.43. The summed E-state index contributed by atoms with van der Waals surface area (Å²) in [7, 11) is -4.71. The molecule has 0 aliphatic rings. The minimum absolute atomic E-state index is 0.170. The van der Waals surface area contributed by atoms with Crippen molar-refractivity contribution in [3.63, 3.8) is 0 Å². The number of carboxylic acids is 1. The fourth-order valence-electron chi connectivity index (χ4n) is 7.42. The van der Waals surface area contributed by atoms with Crippen LogP contribution in [-0.2, 0) is 37.5 Å². The first-order chi connectivity index (χ1) is 29.1. The number of ether oxygens (including phenoxy) is 2. The third-order valence-electron chi connectivity index (χ3n) is 11.4. The Labute approximate surface area is 367 Å². The summed E-state index contributed by atoms with van der Waals surface area (Å²) in [5.41, 5.74) is 5.35. The summed E-state index contributed by atoms with van der Waals surface area (Å²) in [4.78, 5) is 46.1. The highest BCUT2D eigenvalue weighted by Gasteiger charge is 2.28. The van der Waals surface area contributed by atoms with Gasteiger partial charge >= 0.3 is 25.7 Å². The second kappa shape index (κ2) is 44.1. The third-order valence-corrected chi connectivity index (χ3v) is 12.3. The molecule has 0 rings (SSSR count). The van der Waals surface area contributed by atoms with Crippen LogP contribution in [0.2, 0.25) is 0 Å². The first-order valence-electron chi connectivity index (χ1n) is 25.1. The molecule has 0 spiro atoms. The fraction of sp³-hybridized carbons (Fsp3) is 0.938. The molecule has 0 aliphatic heterocycles. The van der Waals surface area contributed by atoms with Gasteiger partial charge in [0.25, 0.3) is 0 Å². The van der Waals surface area contributed by atoms with E-state index >= 15 is 0 Å². The molecule has 12 heteroatoms. The molecule has 0 aromatic carbocycles. The molecule has 1 unspecified atom stereocenters. The lowest BCUT2D eigenvalue weighted by Crippen LogP contribution is -2.34. The van der Waals surface area contributed by atoms with E-state index in [2.05, 4.69) is 18.4 Å². The smallest absolute Gasteiger partial charge is 0.472 e. The van der Waals surface area contributed by atoms with E-state index in [1.165, 1.54) is 180 Å². The van der Waals surface area contributed by atoms with Crippen LogP contribution in [0.25, 0.3) is 0 Å². The molecule has 0 aromatic heterocycles. The van der Waals surface area contributed by atoms with Gasteiger partial charge in [0.1, 0.15) is 12.6 Å². The number of phosphoric ester groups is 1. The molecular formula is C48H94NO10P. The second-order valence-corrected chi connectivity index (χ2v) is 18.8. The highest BCUT2D eigenvalue weighted by atomic mass is 31.2.